The lowest BCUT2D eigenvalue weighted by atomic mass is 10.1. The highest BCUT2D eigenvalue weighted by Crippen LogP contribution is 2.13. The van der Waals surface area contributed by atoms with Gasteiger partial charge in [0.1, 0.15) is 5.82 Å². The molecule has 0 radical (unpaired) electrons. The minimum Gasteiger partial charge on any atom is -0.322 e. The summed E-state index contributed by atoms with van der Waals surface area (Å²) in [5.41, 5.74) is 0.246. The monoisotopic (exact) mass is 279 g/mol. The Hall–Kier alpha value is -1.46. The Morgan fingerprint density at radius 3 is 2.95 bits per heavy atom. The molecule has 0 aliphatic carbocycles. The Labute approximate surface area is 119 Å². The van der Waals surface area contributed by atoms with Crippen LogP contribution < -0.4 is 10.6 Å². The number of amides is 1. The summed E-state index contributed by atoms with van der Waals surface area (Å²) in [6.07, 6.45) is 2.24. The molecule has 0 saturated carbocycles. The van der Waals surface area contributed by atoms with Gasteiger partial charge in [0, 0.05) is 12.6 Å². The molecule has 1 saturated heterocycles. The first-order chi connectivity index (χ1) is 9.70. The van der Waals surface area contributed by atoms with E-state index < -0.39 is 5.82 Å². The van der Waals surface area contributed by atoms with Crippen LogP contribution in [-0.2, 0) is 4.79 Å². The number of carbonyl (C=O) groups is 1. The van der Waals surface area contributed by atoms with Crippen molar-refractivity contribution in [3.63, 3.8) is 0 Å². The van der Waals surface area contributed by atoms with E-state index in [0.717, 1.165) is 32.5 Å². The fraction of sp³-hybridized carbons (Fsp3) is 0.533. The average molecular weight is 279 g/mol. The number of benzene rings is 1. The van der Waals surface area contributed by atoms with E-state index in [4.69, 9.17) is 0 Å². The van der Waals surface area contributed by atoms with Crippen LogP contribution in [0, 0.1) is 5.82 Å². The third kappa shape index (κ3) is 4.02. The van der Waals surface area contributed by atoms with Gasteiger partial charge in [-0.3, -0.25) is 9.69 Å². The molecule has 1 unspecified atom stereocenters. The first-order valence-electron chi connectivity index (χ1n) is 7.20. The first kappa shape index (κ1) is 14.9. The molecular formula is C15H22FN3O. The molecule has 0 aromatic heterocycles. The molecule has 1 atom stereocenters. The number of hydrogen-bond acceptors (Lipinski definition) is 3. The Morgan fingerprint density at radius 2 is 2.30 bits per heavy atom. The normalized spacial score (nSPS) is 19.1. The molecule has 1 aromatic rings. The molecule has 1 heterocycles. The van der Waals surface area contributed by atoms with E-state index in [9.17, 15) is 9.18 Å². The van der Waals surface area contributed by atoms with E-state index in [1.807, 2.05) is 6.92 Å². The van der Waals surface area contributed by atoms with Crippen molar-refractivity contribution >= 4 is 11.6 Å². The summed E-state index contributed by atoms with van der Waals surface area (Å²) in [5.74, 6) is -0.564. The number of anilines is 1. The van der Waals surface area contributed by atoms with Crippen molar-refractivity contribution in [3.05, 3.63) is 30.1 Å². The lowest BCUT2D eigenvalue weighted by molar-refractivity contribution is -0.117. The largest absolute Gasteiger partial charge is 0.322 e. The van der Waals surface area contributed by atoms with Crippen molar-refractivity contribution < 1.29 is 9.18 Å². The smallest absolute Gasteiger partial charge is 0.238 e. The van der Waals surface area contributed by atoms with Gasteiger partial charge in [-0.1, -0.05) is 19.1 Å². The maximum atomic E-state index is 13.5. The average Bonchev–Trinajstić information content (AvgIpc) is 2.48. The summed E-state index contributed by atoms with van der Waals surface area (Å²) in [6.45, 7) is 5.13. The molecule has 1 aromatic carbocycles. The number of rotatable bonds is 5. The zero-order chi connectivity index (χ0) is 14.4. The fourth-order valence-electron chi connectivity index (χ4n) is 2.58. The molecule has 20 heavy (non-hydrogen) atoms. The predicted octanol–water partition coefficient (Wildman–Crippen LogP) is 1.84. The van der Waals surface area contributed by atoms with Gasteiger partial charge in [0.25, 0.3) is 0 Å². The Morgan fingerprint density at radius 1 is 1.50 bits per heavy atom. The molecular weight excluding hydrogens is 257 g/mol. The summed E-state index contributed by atoms with van der Waals surface area (Å²) in [5, 5.41) is 5.99. The minimum absolute atomic E-state index is 0.164. The second-order valence-corrected chi connectivity index (χ2v) is 5.09. The van der Waals surface area contributed by atoms with Crippen LogP contribution in [0.25, 0.3) is 0 Å². The van der Waals surface area contributed by atoms with E-state index in [2.05, 4.69) is 15.5 Å². The molecule has 2 rings (SSSR count). The van der Waals surface area contributed by atoms with Gasteiger partial charge in [0.2, 0.25) is 5.91 Å². The van der Waals surface area contributed by atoms with Crippen molar-refractivity contribution in [2.75, 3.05) is 31.5 Å². The van der Waals surface area contributed by atoms with Gasteiger partial charge in [-0.2, -0.15) is 0 Å². The highest BCUT2D eigenvalue weighted by atomic mass is 19.1. The lowest BCUT2D eigenvalue weighted by Gasteiger charge is -2.33. The van der Waals surface area contributed by atoms with Crippen LogP contribution in [0.15, 0.2) is 24.3 Å². The zero-order valence-electron chi connectivity index (χ0n) is 11.9. The molecule has 1 aliphatic rings. The molecule has 1 aliphatic heterocycles. The number of piperidine rings is 1. The Bertz CT molecular complexity index is 446. The topological polar surface area (TPSA) is 44.4 Å². The van der Waals surface area contributed by atoms with E-state index in [1.54, 1.807) is 18.2 Å². The van der Waals surface area contributed by atoms with E-state index >= 15 is 0 Å². The van der Waals surface area contributed by atoms with Crippen LogP contribution in [-0.4, -0.2) is 43.0 Å². The van der Waals surface area contributed by atoms with Gasteiger partial charge in [-0.05, 0) is 38.1 Å². The number of nitrogens with zero attached hydrogens (tertiary/aromatic N) is 1. The second-order valence-electron chi connectivity index (χ2n) is 5.09. The Balaban J connectivity index is 1.90. The Kier molecular flexibility index (Phi) is 5.49. The van der Waals surface area contributed by atoms with Gasteiger partial charge in [0.05, 0.1) is 12.2 Å². The molecule has 1 fully saturated rings. The van der Waals surface area contributed by atoms with Crippen LogP contribution in [0.1, 0.15) is 19.8 Å². The quantitative estimate of drug-likeness (QED) is 0.864. The summed E-state index contributed by atoms with van der Waals surface area (Å²) < 4.78 is 13.5. The molecule has 0 bridgehead atoms. The number of halogens is 1. The highest BCUT2D eigenvalue weighted by Gasteiger charge is 2.21. The predicted molar refractivity (Wildman–Crippen MR) is 78.2 cm³/mol. The molecule has 0 spiro atoms. The van der Waals surface area contributed by atoms with Gasteiger partial charge >= 0.3 is 0 Å². The SMILES string of the molecule is CCN(CC(=O)Nc1ccccc1F)C1CCCNC1. The zero-order valence-corrected chi connectivity index (χ0v) is 11.9. The van der Waals surface area contributed by atoms with Crippen LogP contribution in [0.5, 0.6) is 0 Å². The van der Waals surface area contributed by atoms with Crippen LogP contribution in [0.4, 0.5) is 10.1 Å². The number of hydrogen-bond donors (Lipinski definition) is 2. The molecule has 110 valence electrons. The first-order valence-corrected chi connectivity index (χ1v) is 7.20. The van der Waals surface area contributed by atoms with Crippen LogP contribution in [0.3, 0.4) is 0 Å². The second kappa shape index (κ2) is 7.36. The summed E-state index contributed by atoms with van der Waals surface area (Å²) in [6, 6.07) is 6.63. The molecule has 2 N–H and O–H groups in total. The fourth-order valence-corrected chi connectivity index (χ4v) is 2.58. The van der Waals surface area contributed by atoms with Gasteiger partial charge < -0.3 is 10.6 Å². The number of para-hydroxylation sites is 1. The standard InChI is InChI=1S/C15H22FN3O/c1-2-19(12-6-5-9-17-10-12)11-15(20)18-14-8-4-3-7-13(14)16/h3-4,7-8,12,17H,2,5-6,9-11H2,1H3,(H,18,20). The van der Waals surface area contributed by atoms with Crippen molar-refractivity contribution in [2.45, 2.75) is 25.8 Å². The number of nitrogens with one attached hydrogen (secondary N) is 2. The molecule has 5 heteroatoms. The van der Waals surface area contributed by atoms with E-state index in [0.29, 0.717) is 12.6 Å². The van der Waals surface area contributed by atoms with E-state index in [-0.39, 0.29) is 11.6 Å². The van der Waals surface area contributed by atoms with Crippen molar-refractivity contribution in [3.8, 4) is 0 Å². The summed E-state index contributed by atoms with van der Waals surface area (Å²) in [4.78, 5) is 14.2. The molecule has 4 nitrogen and oxygen atoms in total. The summed E-state index contributed by atoms with van der Waals surface area (Å²) in [7, 11) is 0. The van der Waals surface area contributed by atoms with Gasteiger partial charge in [-0.15, -0.1) is 0 Å². The maximum absolute atomic E-state index is 13.5. The lowest BCUT2D eigenvalue weighted by Crippen LogP contribution is -2.48. The maximum Gasteiger partial charge on any atom is 0.238 e. The van der Waals surface area contributed by atoms with Crippen LogP contribution in [0.2, 0.25) is 0 Å². The molecule has 1 amide bonds. The van der Waals surface area contributed by atoms with Gasteiger partial charge in [-0.25, -0.2) is 4.39 Å². The van der Waals surface area contributed by atoms with E-state index in [1.165, 1.54) is 6.07 Å². The van der Waals surface area contributed by atoms with Crippen molar-refractivity contribution in [2.24, 2.45) is 0 Å². The third-order valence-corrected chi connectivity index (χ3v) is 3.69. The highest BCUT2D eigenvalue weighted by molar-refractivity contribution is 5.92. The summed E-state index contributed by atoms with van der Waals surface area (Å²) >= 11 is 0. The van der Waals surface area contributed by atoms with Crippen LogP contribution >= 0.6 is 0 Å². The van der Waals surface area contributed by atoms with Crippen molar-refractivity contribution in [1.29, 1.82) is 0 Å². The van der Waals surface area contributed by atoms with Crippen molar-refractivity contribution in [1.82, 2.24) is 10.2 Å². The third-order valence-electron chi connectivity index (χ3n) is 3.69. The minimum atomic E-state index is -0.400. The van der Waals surface area contributed by atoms with Gasteiger partial charge in [0.15, 0.2) is 0 Å². The number of carbonyl (C=O) groups excluding carboxylic acids is 1. The number of likely N-dealkylation sites (N-methyl/N-ethyl adjacent to an activating group) is 1.